The van der Waals surface area contributed by atoms with Crippen molar-refractivity contribution in [1.29, 1.82) is 0 Å². The van der Waals surface area contributed by atoms with Crippen LogP contribution in [0, 0.1) is 0 Å². The van der Waals surface area contributed by atoms with Gasteiger partial charge < -0.3 is 35.5 Å². The summed E-state index contributed by atoms with van der Waals surface area (Å²) in [5.41, 5.74) is 0. The second-order valence-corrected chi connectivity index (χ2v) is 37.6. The lowest BCUT2D eigenvalue weighted by molar-refractivity contribution is 0.113. The van der Waals surface area contributed by atoms with Gasteiger partial charge in [-0.1, -0.05) is 7.43 Å². The van der Waals surface area contributed by atoms with Gasteiger partial charge in [-0.05, 0) is 105 Å². The SMILES string of the molecule is C.CC(O)CCO.CC1CCO[Si](C)(C)O[Si](C)(C)O[Si](C)(C)O1.C[Si](C)(Cl)O[Si](C)(C)O[Si](C)(C)Cl. The predicted octanol–water partition coefficient (Wildman–Crippen LogP) is 6.94. The lowest BCUT2D eigenvalue weighted by Gasteiger charge is -2.40. The zero-order valence-electron chi connectivity index (χ0n) is 25.1. The van der Waals surface area contributed by atoms with Gasteiger partial charge in [0.2, 0.25) is 0 Å². The Morgan fingerprint density at radius 1 is 0.865 bits per heavy atom. The van der Waals surface area contributed by atoms with E-state index >= 15 is 0 Å². The fourth-order valence-corrected chi connectivity index (χ4v) is 29.0. The minimum atomic E-state index is -2.15. The number of hydrogen-bond donors (Lipinski definition) is 2. The first-order valence-corrected chi connectivity index (χ1v) is 31.6. The van der Waals surface area contributed by atoms with Crippen molar-refractivity contribution < 1.29 is 35.5 Å². The molecule has 0 radical (unpaired) electrons. The molecule has 16 heteroatoms. The van der Waals surface area contributed by atoms with Crippen LogP contribution in [0.25, 0.3) is 0 Å². The molecular weight excluding hydrogens is 620 g/mol. The predicted molar refractivity (Wildman–Crippen MR) is 172 cm³/mol. The molecule has 1 aliphatic heterocycles. The Morgan fingerprint density at radius 2 is 1.27 bits per heavy atom. The van der Waals surface area contributed by atoms with Gasteiger partial charge in [0.05, 0.1) is 6.10 Å². The normalized spacial score (nSPS) is 22.7. The van der Waals surface area contributed by atoms with Crippen molar-refractivity contribution in [3.8, 4) is 0 Å². The van der Waals surface area contributed by atoms with Gasteiger partial charge in [0, 0.05) is 19.3 Å². The first-order valence-electron chi connectivity index (χ1n) is 12.5. The molecule has 228 valence electrons. The van der Waals surface area contributed by atoms with Crippen molar-refractivity contribution >= 4 is 71.7 Å². The van der Waals surface area contributed by atoms with E-state index in [4.69, 9.17) is 57.7 Å². The van der Waals surface area contributed by atoms with E-state index in [1.807, 2.05) is 39.3 Å². The van der Waals surface area contributed by atoms with Crippen molar-refractivity contribution in [3.63, 3.8) is 0 Å². The summed E-state index contributed by atoms with van der Waals surface area (Å²) in [5.74, 6) is 0. The lowest BCUT2D eigenvalue weighted by Crippen LogP contribution is -2.56. The highest BCUT2D eigenvalue weighted by atomic mass is 35.6. The van der Waals surface area contributed by atoms with Crippen LogP contribution >= 0.6 is 22.2 Å². The molecule has 37 heavy (non-hydrogen) atoms. The molecule has 0 amide bonds. The maximum Gasteiger partial charge on any atom is 0.323 e. The van der Waals surface area contributed by atoms with E-state index in [0.717, 1.165) is 13.0 Å². The zero-order chi connectivity index (χ0) is 29.2. The van der Waals surface area contributed by atoms with Crippen LogP contribution < -0.4 is 0 Å². The van der Waals surface area contributed by atoms with E-state index in [1.165, 1.54) is 0 Å². The summed E-state index contributed by atoms with van der Waals surface area (Å²) < 4.78 is 35.8. The Kier molecular flexibility index (Phi) is 20.3. The van der Waals surface area contributed by atoms with Gasteiger partial charge in [0.1, 0.15) is 0 Å². The molecule has 0 saturated carbocycles. The molecule has 1 heterocycles. The molecule has 0 aromatic carbocycles. The molecule has 0 aliphatic carbocycles. The molecular formula is C21H58Cl2O8Si6. The molecule has 8 nitrogen and oxygen atoms in total. The van der Waals surface area contributed by atoms with Gasteiger partial charge in [0.25, 0.3) is 15.3 Å². The van der Waals surface area contributed by atoms with Crippen molar-refractivity contribution in [2.45, 2.75) is 125 Å². The average molecular weight is 678 g/mol. The summed E-state index contributed by atoms with van der Waals surface area (Å²) in [5, 5.41) is 16.5. The largest absolute Gasteiger partial charge is 0.425 e. The fourth-order valence-electron chi connectivity index (χ4n) is 3.65. The highest BCUT2D eigenvalue weighted by molar-refractivity contribution is 7.20. The van der Waals surface area contributed by atoms with E-state index in [0.29, 0.717) is 6.42 Å². The van der Waals surface area contributed by atoms with Crippen LogP contribution in [-0.2, 0) is 25.3 Å². The van der Waals surface area contributed by atoms with Crippen LogP contribution in [0.1, 0.15) is 34.1 Å². The summed E-state index contributed by atoms with van der Waals surface area (Å²) in [6, 6.07) is 0. The Morgan fingerprint density at radius 3 is 1.59 bits per heavy atom. The lowest BCUT2D eigenvalue weighted by atomic mass is 10.3. The Labute approximate surface area is 244 Å². The third-order valence-electron chi connectivity index (χ3n) is 3.97. The Bertz CT molecular complexity index is 597. The standard InChI is InChI=1S/C10H26O4Si3.C6H18Cl2O2Si3.C4H10O2.CH4/c1-10-8-9-11-15(2,3)13-17(6,7)14-16(4,5)12-10;1-11(2,7)9-13(5,6)10-12(3,4)8;1-4(6)2-3-5;/h10H,8-9H2,1-7H3;1-6H3;4-6H,2-3H2,1H3;1H4. The van der Waals surface area contributed by atoms with E-state index < -0.39 is 49.5 Å². The maximum atomic E-state index is 8.39. The van der Waals surface area contributed by atoms with Gasteiger partial charge >= 0.3 is 34.2 Å². The first-order chi connectivity index (χ1) is 15.7. The van der Waals surface area contributed by atoms with Crippen LogP contribution in [0.4, 0.5) is 0 Å². The number of hydrogen-bond acceptors (Lipinski definition) is 8. The zero-order valence-corrected chi connectivity index (χ0v) is 32.6. The van der Waals surface area contributed by atoms with E-state index in [1.54, 1.807) is 6.92 Å². The molecule has 1 fully saturated rings. The van der Waals surface area contributed by atoms with Gasteiger partial charge in [-0.15, -0.1) is 22.2 Å². The second-order valence-electron chi connectivity index (χ2n) is 11.7. The Hall–Kier alpha value is 1.56. The molecule has 2 unspecified atom stereocenters. The van der Waals surface area contributed by atoms with Gasteiger partial charge in [-0.25, -0.2) is 0 Å². The molecule has 0 aromatic heterocycles. The van der Waals surface area contributed by atoms with Crippen molar-refractivity contribution in [3.05, 3.63) is 0 Å². The number of halogens is 2. The Balaban J connectivity index is -0.000000514. The summed E-state index contributed by atoms with van der Waals surface area (Å²) in [4.78, 5) is 0. The van der Waals surface area contributed by atoms with Crippen LogP contribution in [0.5, 0.6) is 0 Å². The third kappa shape index (κ3) is 28.9. The summed E-state index contributed by atoms with van der Waals surface area (Å²) >= 11 is 12.2. The minimum absolute atomic E-state index is 0. The number of aliphatic hydroxyl groups excluding tert-OH is 2. The molecule has 2 N–H and O–H groups in total. The summed E-state index contributed by atoms with van der Waals surface area (Å²) in [6.45, 7) is 28.8. The van der Waals surface area contributed by atoms with Gasteiger partial charge in [-0.2, -0.15) is 0 Å². The molecule has 1 saturated heterocycles. The van der Waals surface area contributed by atoms with Crippen molar-refractivity contribution in [2.75, 3.05) is 13.2 Å². The molecule has 0 aromatic rings. The third-order valence-corrected chi connectivity index (χ3v) is 22.9. The topological polar surface area (TPSA) is 95.8 Å². The quantitative estimate of drug-likeness (QED) is 0.231. The van der Waals surface area contributed by atoms with E-state index in [-0.39, 0.29) is 26.2 Å². The summed E-state index contributed by atoms with van der Waals surface area (Å²) in [7, 11) is -12.4. The number of rotatable bonds is 6. The van der Waals surface area contributed by atoms with Crippen LogP contribution in [0.15, 0.2) is 0 Å². The molecule has 0 spiro atoms. The summed E-state index contributed by atoms with van der Waals surface area (Å²) in [6.07, 6.45) is 1.24. The molecule has 1 rings (SSSR count). The highest BCUT2D eigenvalue weighted by Gasteiger charge is 2.43. The molecule has 1 aliphatic rings. The minimum Gasteiger partial charge on any atom is -0.425 e. The molecule has 2 atom stereocenters. The van der Waals surface area contributed by atoms with Crippen LogP contribution in [0.3, 0.4) is 0 Å². The highest BCUT2D eigenvalue weighted by Crippen LogP contribution is 2.25. The van der Waals surface area contributed by atoms with Gasteiger partial charge in [0.15, 0.2) is 0 Å². The van der Waals surface area contributed by atoms with Crippen LogP contribution in [0.2, 0.25) is 78.6 Å². The fraction of sp³-hybridized carbons (Fsp3) is 1.00. The van der Waals surface area contributed by atoms with Crippen LogP contribution in [-0.4, -0.2) is 85.1 Å². The van der Waals surface area contributed by atoms with Gasteiger partial charge in [-0.3, -0.25) is 0 Å². The molecule has 0 bridgehead atoms. The maximum absolute atomic E-state index is 8.39. The van der Waals surface area contributed by atoms with Crippen molar-refractivity contribution in [2.24, 2.45) is 0 Å². The van der Waals surface area contributed by atoms with Crippen molar-refractivity contribution in [1.82, 2.24) is 0 Å². The van der Waals surface area contributed by atoms with E-state index in [2.05, 4.69) is 46.2 Å². The smallest absolute Gasteiger partial charge is 0.323 e. The van der Waals surface area contributed by atoms with E-state index in [9.17, 15) is 0 Å². The number of aliphatic hydroxyl groups is 2. The second kappa shape index (κ2) is 17.5. The monoisotopic (exact) mass is 676 g/mol. The average Bonchev–Trinajstić information content (AvgIpc) is 2.46. The first kappa shape index (κ1) is 43.0.